The molecule has 3 heterocycles. The van der Waals surface area contributed by atoms with Gasteiger partial charge in [0.15, 0.2) is 11.5 Å². The van der Waals surface area contributed by atoms with Gasteiger partial charge in [0.1, 0.15) is 22.7 Å². The molecule has 0 bridgehead atoms. The molecule has 9 heteroatoms. The fraction of sp³-hybridized carbons (Fsp3) is 0.250. The van der Waals surface area contributed by atoms with E-state index >= 15 is 0 Å². The highest BCUT2D eigenvalue weighted by Gasteiger charge is 2.30. The summed E-state index contributed by atoms with van der Waals surface area (Å²) in [5.74, 6) is -0.149. The van der Waals surface area contributed by atoms with Crippen LogP contribution in [0.1, 0.15) is 18.2 Å². The van der Waals surface area contributed by atoms with E-state index in [0.717, 1.165) is 0 Å². The van der Waals surface area contributed by atoms with Gasteiger partial charge in [0.2, 0.25) is 0 Å². The minimum absolute atomic E-state index is 0.133. The molecule has 1 aliphatic heterocycles. The van der Waals surface area contributed by atoms with Crippen molar-refractivity contribution < 1.29 is 13.2 Å². The van der Waals surface area contributed by atoms with Crippen LogP contribution >= 0.6 is 11.6 Å². The van der Waals surface area contributed by atoms with Crippen molar-refractivity contribution >= 4 is 28.5 Å². The zero-order valence-corrected chi connectivity index (χ0v) is 16.1. The summed E-state index contributed by atoms with van der Waals surface area (Å²) in [6.07, 6.45) is 1.27. The third kappa shape index (κ3) is 3.60. The largest absolute Gasteiger partial charge is 0.335 e. The monoisotopic (exact) mass is 418 g/mol. The number of hydrogen-bond donors (Lipinski definition) is 0. The van der Waals surface area contributed by atoms with Crippen LogP contribution in [0.2, 0.25) is 0 Å². The van der Waals surface area contributed by atoms with E-state index in [9.17, 15) is 13.2 Å². The highest BCUT2D eigenvalue weighted by Crippen LogP contribution is 2.27. The maximum absolute atomic E-state index is 14.1. The zero-order chi connectivity index (χ0) is 20.5. The van der Waals surface area contributed by atoms with E-state index in [2.05, 4.69) is 21.2 Å². The maximum Gasteiger partial charge on any atom is 0.280 e. The average Bonchev–Trinajstić information content (AvgIpc) is 3.07. The van der Waals surface area contributed by atoms with Crippen LogP contribution in [0.5, 0.6) is 0 Å². The summed E-state index contributed by atoms with van der Waals surface area (Å²) in [6, 6.07) is 9.85. The van der Waals surface area contributed by atoms with Crippen LogP contribution in [0.15, 0.2) is 53.3 Å². The first kappa shape index (κ1) is 19.4. The lowest BCUT2D eigenvalue weighted by Gasteiger charge is -2.30. The Hall–Kier alpha value is -2.87. The Kier molecular flexibility index (Phi) is 5.27. The molecule has 0 saturated heterocycles. The number of aliphatic imine (C=N–C) groups is 1. The van der Waals surface area contributed by atoms with Gasteiger partial charge in [-0.15, -0.1) is 0 Å². The summed E-state index contributed by atoms with van der Waals surface area (Å²) in [7, 11) is 0. The van der Waals surface area contributed by atoms with Crippen molar-refractivity contribution in [2.45, 2.75) is 25.4 Å². The van der Waals surface area contributed by atoms with E-state index in [1.165, 1.54) is 10.7 Å². The molecule has 1 aliphatic rings. The Morgan fingerprint density at radius 1 is 1.21 bits per heavy atom. The summed E-state index contributed by atoms with van der Waals surface area (Å²) in [5.41, 5.74) is -0.140. The van der Waals surface area contributed by atoms with Gasteiger partial charge in [0.05, 0.1) is 11.9 Å². The molecule has 5 nitrogen and oxygen atoms in total. The number of nitrogens with zero attached hydrogens (tertiary/aromatic N) is 5. The van der Waals surface area contributed by atoms with Crippen LogP contribution in [0.3, 0.4) is 0 Å². The van der Waals surface area contributed by atoms with Gasteiger partial charge in [-0.05, 0) is 25.1 Å². The fourth-order valence-corrected chi connectivity index (χ4v) is 3.54. The minimum atomic E-state index is -2.81. The molecule has 29 heavy (non-hydrogen) atoms. The van der Waals surface area contributed by atoms with E-state index in [4.69, 9.17) is 11.6 Å². The molecule has 2 aromatic heterocycles. The summed E-state index contributed by atoms with van der Waals surface area (Å²) in [5, 5.41) is 5.16. The van der Waals surface area contributed by atoms with Crippen molar-refractivity contribution in [3.05, 3.63) is 71.4 Å². The molecule has 1 radical (unpaired) electrons. The first-order chi connectivity index (χ1) is 14.0. The number of benzene rings is 1. The molecule has 0 amide bonds. The molecule has 0 saturated carbocycles. The topological polar surface area (TPSA) is 46.3 Å². The third-order valence-corrected chi connectivity index (χ3v) is 4.93. The molecule has 0 N–H and O–H groups in total. The van der Waals surface area contributed by atoms with Gasteiger partial charge < -0.3 is 4.90 Å². The Morgan fingerprint density at radius 3 is 2.72 bits per heavy atom. The highest BCUT2D eigenvalue weighted by atomic mass is 35.5. The number of likely N-dealkylation sites (N-methyl/N-ethyl adjacent to an activating group) is 1. The molecular formula is C20H16ClF3N5. The van der Waals surface area contributed by atoms with Gasteiger partial charge in [-0.1, -0.05) is 29.8 Å². The van der Waals surface area contributed by atoms with E-state index in [1.807, 2.05) is 6.92 Å². The van der Waals surface area contributed by atoms with Gasteiger partial charge in [0, 0.05) is 24.4 Å². The number of fused-ring (bicyclic) bond motifs is 1. The maximum atomic E-state index is 14.1. The number of amidine groups is 1. The lowest BCUT2D eigenvalue weighted by molar-refractivity contribution is 0.184. The lowest BCUT2D eigenvalue weighted by Crippen LogP contribution is -2.40. The van der Waals surface area contributed by atoms with Gasteiger partial charge in [-0.2, -0.15) is 5.10 Å². The summed E-state index contributed by atoms with van der Waals surface area (Å²) >= 11 is 6.25. The number of allylic oxidation sites excluding steroid dienone is 1. The van der Waals surface area contributed by atoms with Crippen LogP contribution in [0, 0.1) is 11.9 Å². The van der Waals surface area contributed by atoms with E-state index in [0.29, 0.717) is 28.8 Å². The SMILES string of the molecule is CCN1C(c2nn(Cc3ccccc3F)c3ncccc23)=NC(C(F)F)=[C]C1Cl. The molecule has 1 atom stereocenters. The minimum Gasteiger partial charge on any atom is -0.335 e. The van der Waals surface area contributed by atoms with Crippen molar-refractivity contribution in [1.82, 2.24) is 19.7 Å². The fourth-order valence-electron chi connectivity index (χ4n) is 3.20. The molecule has 149 valence electrons. The number of aromatic nitrogens is 3. The molecule has 0 fully saturated rings. The molecule has 0 aliphatic carbocycles. The van der Waals surface area contributed by atoms with Crippen molar-refractivity contribution in [1.29, 1.82) is 0 Å². The first-order valence-electron chi connectivity index (χ1n) is 8.95. The number of pyridine rings is 1. The van der Waals surface area contributed by atoms with Crippen LogP contribution in [0.25, 0.3) is 11.0 Å². The summed E-state index contributed by atoms with van der Waals surface area (Å²) in [6.45, 7) is 2.38. The molecule has 4 rings (SSSR count). The van der Waals surface area contributed by atoms with Crippen molar-refractivity contribution in [3.8, 4) is 0 Å². The predicted octanol–water partition coefficient (Wildman–Crippen LogP) is 4.22. The highest BCUT2D eigenvalue weighted by molar-refractivity contribution is 6.23. The Bertz CT molecular complexity index is 1110. The van der Waals surface area contributed by atoms with Gasteiger partial charge in [-0.3, -0.25) is 0 Å². The average molecular weight is 419 g/mol. The second-order valence-electron chi connectivity index (χ2n) is 6.36. The Balaban J connectivity index is 1.86. The van der Waals surface area contributed by atoms with E-state index in [-0.39, 0.29) is 18.2 Å². The summed E-state index contributed by atoms with van der Waals surface area (Å²) < 4.78 is 42.3. The van der Waals surface area contributed by atoms with Gasteiger partial charge in [0.25, 0.3) is 6.43 Å². The number of hydrogen-bond acceptors (Lipinski definition) is 4. The van der Waals surface area contributed by atoms with Crippen LogP contribution < -0.4 is 0 Å². The zero-order valence-electron chi connectivity index (χ0n) is 15.4. The standard InChI is InChI=1S/C20H16ClF3N5/c1-2-28-16(21)10-15(18(23)24)26-20(28)17-13-7-5-9-25-19(13)29(27-17)11-12-6-3-4-8-14(12)22/h3-9,16,18H,2,11H2,1H3. The van der Waals surface area contributed by atoms with Crippen molar-refractivity contribution in [2.24, 2.45) is 4.99 Å². The molecule has 3 aromatic rings. The van der Waals surface area contributed by atoms with Crippen LogP contribution in [0.4, 0.5) is 13.2 Å². The number of rotatable bonds is 5. The Labute approximate surface area is 170 Å². The lowest BCUT2D eigenvalue weighted by atomic mass is 10.2. The third-order valence-electron chi connectivity index (χ3n) is 4.58. The number of alkyl halides is 3. The Morgan fingerprint density at radius 2 is 2.00 bits per heavy atom. The normalized spacial score (nSPS) is 17.0. The van der Waals surface area contributed by atoms with Gasteiger partial charge in [-0.25, -0.2) is 27.8 Å². The number of halogens is 4. The molecular weight excluding hydrogens is 403 g/mol. The van der Waals surface area contributed by atoms with Crippen molar-refractivity contribution in [3.63, 3.8) is 0 Å². The molecule has 1 unspecified atom stereocenters. The van der Waals surface area contributed by atoms with Gasteiger partial charge >= 0.3 is 0 Å². The smallest absolute Gasteiger partial charge is 0.280 e. The second kappa shape index (κ2) is 7.87. The van der Waals surface area contributed by atoms with Crippen LogP contribution in [-0.4, -0.2) is 44.0 Å². The predicted molar refractivity (Wildman–Crippen MR) is 104 cm³/mol. The summed E-state index contributed by atoms with van der Waals surface area (Å²) in [4.78, 5) is 10.0. The van der Waals surface area contributed by atoms with Crippen LogP contribution in [-0.2, 0) is 6.54 Å². The van der Waals surface area contributed by atoms with Crippen molar-refractivity contribution in [2.75, 3.05) is 6.54 Å². The van der Waals surface area contributed by atoms with E-state index < -0.39 is 17.6 Å². The quantitative estimate of drug-likeness (QED) is 0.460. The second-order valence-corrected chi connectivity index (χ2v) is 6.77. The molecule has 1 aromatic carbocycles. The first-order valence-corrected chi connectivity index (χ1v) is 9.39. The van der Waals surface area contributed by atoms with E-state index in [1.54, 1.807) is 41.4 Å². The molecule has 0 spiro atoms.